The lowest BCUT2D eigenvalue weighted by Crippen LogP contribution is -2.61. The number of nitrogens with zero attached hydrogens (tertiary/aromatic N) is 2. The average Bonchev–Trinajstić information content (AvgIpc) is 3.57. The van der Waals surface area contributed by atoms with E-state index in [9.17, 15) is 0 Å². The molecule has 0 saturated carbocycles. The number of benzene rings is 8. The van der Waals surface area contributed by atoms with E-state index in [0.29, 0.717) is 0 Å². The minimum Gasteiger partial charge on any atom is -0.454 e. The predicted molar refractivity (Wildman–Crippen MR) is 210 cm³/mol. The van der Waals surface area contributed by atoms with Gasteiger partial charge >= 0.3 is 6.85 Å². The van der Waals surface area contributed by atoms with Crippen molar-refractivity contribution in [2.75, 3.05) is 9.71 Å². The van der Waals surface area contributed by atoms with E-state index in [1.165, 1.54) is 49.6 Å². The third kappa shape index (κ3) is 3.64. The van der Waals surface area contributed by atoms with Crippen LogP contribution in [0.1, 0.15) is 0 Å². The smallest absolute Gasteiger partial charge is 0.333 e. The highest BCUT2D eigenvalue weighted by Gasteiger charge is 2.49. The number of fused-ring (bicyclic) bond motifs is 11. The molecule has 3 aliphatic heterocycles. The monoisotopic (exact) mass is 650 g/mol. The standard InChI is InChI=1S/C46H27BN2O2/c1-2-11-28(12-3-1)29-21-23-32(24-22-29)49-39-26-31-14-5-4-13-30(31)25-34(39)35-27-36-33-15-6-8-18-40(33)51-46(36)45-43(35)47(49)37-16-10-20-42-44(37)48(45)38-17-7-9-19-41(38)50-42/h1-27H. The van der Waals surface area contributed by atoms with Gasteiger partial charge in [0, 0.05) is 27.7 Å². The van der Waals surface area contributed by atoms with Crippen LogP contribution in [0.25, 0.3) is 55.0 Å². The summed E-state index contributed by atoms with van der Waals surface area (Å²) >= 11 is 0. The molecule has 5 heteroatoms. The molecule has 3 aliphatic rings. The van der Waals surface area contributed by atoms with Crippen molar-refractivity contribution < 1.29 is 9.15 Å². The second-order valence-electron chi connectivity index (χ2n) is 13.7. The molecule has 1 aromatic heterocycles. The first-order chi connectivity index (χ1) is 25.3. The van der Waals surface area contributed by atoms with E-state index in [4.69, 9.17) is 9.15 Å². The largest absolute Gasteiger partial charge is 0.454 e. The number of hydrogen-bond donors (Lipinski definition) is 0. The molecule has 0 atom stereocenters. The SMILES string of the molecule is c1ccc(-c2ccc(N3B4c5cccc6c5N(c5ccccc5O6)c5c4c(cc4c5oc5ccccc54)-c4cc5ccccc5cc43)cc2)cc1. The van der Waals surface area contributed by atoms with Gasteiger partial charge in [0.05, 0.1) is 17.1 Å². The fourth-order valence-electron chi connectivity index (χ4n) is 8.80. The number of furan rings is 1. The Morgan fingerprint density at radius 1 is 0.490 bits per heavy atom. The van der Waals surface area contributed by atoms with Gasteiger partial charge in [0.25, 0.3) is 0 Å². The zero-order valence-corrected chi connectivity index (χ0v) is 27.4. The molecule has 8 aromatic carbocycles. The molecule has 4 heterocycles. The molecule has 51 heavy (non-hydrogen) atoms. The molecule has 236 valence electrons. The van der Waals surface area contributed by atoms with Crippen molar-refractivity contribution in [3.05, 3.63) is 164 Å². The van der Waals surface area contributed by atoms with Crippen LogP contribution >= 0.6 is 0 Å². The maximum Gasteiger partial charge on any atom is 0.333 e. The summed E-state index contributed by atoms with van der Waals surface area (Å²) in [6.07, 6.45) is 0. The van der Waals surface area contributed by atoms with Gasteiger partial charge in [-0.1, -0.05) is 109 Å². The lowest BCUT2D eigenvalue weighted by Gasteiger charge is -2.47. The minimum absolute atomic E-state index is 0.149. The molecule has 0 unspecified atom stereocenters. The Hall–Kier alpha value is -6.72. The second kappa shape index (κ2) is 9.93. The number of rotatable bonds is 2. The van der Waals surface area contributed by atoms with Crippen LogP contribution in [0, 0.1) is 0 Å². The van der Waals surface area contributed by atoms with Gasteiger partial charge in [-0.05, 0) is 93.0 Å². The average molecular weight is 651 g/mol. The first kappa shape index (κ1) is 27.1. The molecule has 0 bridgehead atoms. The van der Waals surface area contributed by atoms with E-state index in [2.05, 4.69) is 167 Å². The Kier molecular flexibility index (Phi) is 5.29. The maximum absolute atomic E-state index is 6.91. The molecule has 0 radical (unpaired) electrons. The van der Waals surface area contributed by atoms with Crippen molar-refractivity contribution in [2.45, 2.75) is 0 Å². The van der Waals surface area contributed by atoms with E-state index in [-0.39, 0.29) is 6.85 Å². The highest BCUT2D eigenvalue weighted by molar-refractivity contribution is 6.94. The Balaban J connectivity index is 1.24. The van der Waals surface area contributed by atoms with E-state index < -0.39 is 0 Å². The van der Waals surface area contributed by atoms with E-state index in [1.54, 1.807) is 0 Å². The fraction of sp³-hybridized carbons (Fsp3) is 0. The summed E-state index contributed by atoms with van der Waals surface area (Å²) in [4.78, 5) is 4.95. The van der Waals surface area contributed by atoms with Crippen LogP contribution < -0.4 is 25.4 Å². The molecule has 0 aliphatic carbocycles. The molecule has 0 N–H and O–H groups in total. The molecule has 4 nitrogen and oxygen atoms in total. The van der Waals surface area contributed by atoms with Gasteiger partial charge in [-0.2, -0.15) is 0 Å². The van der Waals surface area contributed by atoms with E-state index in [0.717, 1.165) is 56.2 Å². The lowest BCUT2D eigenvalue weighted by atomic mass is 9.43. The summed E-state index contributed by atoms with van der Waals surface area (Å²) in [5.41, 5.74) is 14.5. The predicted octanol–water partition coefficient (Wildman–Crippen LogP) is 11.2. The Bertz CT molecular complexity index is 2910. The zero-order chi connectivity index (χ0) is 33.2. The molecule has 0 spiro atoms. The van der Waals surface area contributed by atoms with Crippen LogP contribution in [-0.2, 0) is 0 Å². The molecule has 0 amide bonds. The molecular weight excluding hydrogens is 623 g/mol. The second-order valence-corrected chi connectivity index (χ2v) is 13.7. The molecule has 0 fully saturated rings. The van der Waals surface area contributed by atoms with E-state index >= 15 is 0 Å². The quantitative estimate of drug-likeness (QED) is 0.174. The van der Waals surface area contributed by atoms with Gasteiger partial charge in [0.2, 0.25) is 0 Å². The number of para-hydroxylation sites is 4. The topological polar surface area (TPSA) is 28.9 Å². The summed E-state index contributed by atoms with van der Waals surface area (Å²) in [5, 5.41) is 4.66. The first-order valence-electron chi connectivity index (χ1n) is 17.5. The highest BCUT2D eigenvalue weighted by atomic mass is 16.5. The Morgan fingerprint density at radius 3 is 2.10 bits per heavy atom. The summed E-state index contributed by atoms with van der Waals surface area (Å²) < 4.78 is 13.6. The Morgan fingerprint density at radius 2 is 1.22 bits per heavy atom. The molecule has 12 rings (SSSR count). The van der Waals surface area contributed by atoms with Crippen molar-refractivity contribution in [2.24, 2.45) is 0 Å². The summed E-state index contributed by atoms with van der Waals surface area (Å²) in [6.45, 7) is -0.149. The minimum atomic E-state index is -0.149. The van der Waals surface area contributed by atoms with Gasteiger partial charge < -0.3 is 18.9 Å². The third-order valence-electron chi connectivity index (χ3n) is 11.0. The summed E-state index contributed by atoms with van der Waals surface area (Å²) in [7, 11) is 0. The van der Waals surface area contributed by atoms with Crippen molar-refractivity contribution in [1.29, 1.82) is 0 Å². The van der Waals surface area contributed by atoms with Crippen LogP contribution in [0.2, 0.25) is 0 Å². The van der Waals surface area contributed by atoms with Crippen LogP contribution in [0.3, 0.4) is 0 Å². The number of hydrogen-bond acceptors (Lipinski definition) is 4. The molecule has 9 aromatic rings. The molecular formula is C46H27BN2O2. The maximum atomic E-state index is 6.91. The van der Waals surface area contributed by atoms with Crippen molar-refractivity contribution >= 4 is 78.9 Å². The van der Waals surface area contributed by atoms with Gasteiger partial charge in [0.15, 0.2) is 17.1 Å². The van der Waals surface area contributed by atoms with Gasteiger partial charge in [-0.3, -0.25) is 0 Å². The van der Waals surface area contributed by atoms with Crippen molar-refractivity contribution in [3.63, 3.8) is 0 Å². The first-order valence-corrected chi connectivity index (χ1v) is 17.5. The lowest BCUT2D eigenvalue weighted by molar-refractivity contribution is 0.477. The zero-order valence-electron chi connectivity index (χ0n) is 27.4. The van der Waals surface area contributed by atoms with Crippen LogP contribution in [0.4, 0.5) is 28.4 Å². The fourth-order valence-corrected chi connectivity index (χ4v) is 8.80. The Labute approximate surface area is 294 Å². The van der Waals surface area contributed by atoms with Crippen LogP contribution in [0.15, 0.2) is 168 Å². The van der Waals surface area contributed by atoms with Gasteiger partial charge in [-0.25, -0.2) is 0 Å². The highest BCUT2D eigenvalue weighted by Crippen LogP contribution is 2.56. The third-order valence-corrected chi connectivity index (χ3v) is 11.0. The number of anilines is 5. The van der Waals surface area contributed by atoms with Gasteiger partial charge in [0.1, 0.15) is 5.58 Å². The number of ether oxygens (including phenoxy) is 1. The van der Waals surface area contributed by atoms with Gasteiger partial charge in [-0.15, -0.1) is 0 Å². The van der Waals surface area contributed by atoms with Crippen molar-refractivity contribution in [1.82, 2.24) is 0 Å². The summed E-state index contributed by atoms with van der Waals surface area (Å²) in [5.74, 6) is 1.67. The van der Waals surface area contributed by atoms with Crippen molar-refractivity contribution in [3.8, 4) is 33.8 Å². The summed E-state index contributed by atoms with van der Waals surface area (Å²) in [6, 6.07) is 58.8. The normalized spacial score (nSPS) is 13.5. The van der Waals surface area contributed by atoms with E-state index in [1.807, 2.05) is 6.07 Å². The van der Waals surface area contributed by atoms with Crippen LogP contribution in [0.5, 0.6) is 11.5 Å². The molecule has 0 saturated heterocycles. The van der Waals surface area contributed by atoms with Crippen LogP contribution in [-0.4, -0.2) is 6.85 Å².